The van der Waals surface area contributed by atoms with Crippen molar-refractivity contribution in [3.05, 3.63) is 104 Å². The number of carbonyl (C=O) groups is 4. The van der Waals surface area contributed by atoms with Crippen LogP contribution in [0.5, 0.6) is 5.75 Å². The zero-order chi connectivity index (χ0) is 31.0. The Hall–Kier alpha value is -4.75. The molecule has 1 saturated heterocycles. The lowest BCUT2D eigenvalue weighted by Gasteiger charge is -2.29. The average molecular weight is 634 g/mol. The van der Waals surface area contributed by atoms with Gasteiger partial charge in [0.15, 0.2) is 6.61 Å². The summed E-state index contributed by atoms with van der Waals surface area (Å²) in [7, 11) is 0. The lowest BCUT2D eigenvalue weighted by atomic mass is 9.83. The van der Waals surface area contributed by atoms with Gasteiger partial charge in [-0.2, -0.15) is 0 Å². The first-order valence-corrected chi connectivity index (χ1v) is 15.3. The number of thiazole rings is 1. The highest BCUT2D eigenvalue weighted by molar-refractivity contribution is 8.00. The molecule has 224 valence electrons. The zero-order valence-electron chi connectivity index (χ0n) is 23.1. The van der Waals surface area contributed by atoms with Crippen molar-refractivity contribution in [2.45, 2.75) is 23.1 Å². The SMILES string of the molecule is CCOC(=O)c1ccc(N2C(=O)[C@H]3[C@H](c4ccc(OCC(=O)Nc5ccc(F)cc5)cc4)c4sc(=O)[nH]c4S[C@H]3C2=O)cc1. The van der Waals surface area contributed by atoms with Gasteiger partial charge in [-0.1, -0.05) is 35.2 Å². The van der Waals surface area contributed by atoms with Crippen LogP contribution in [0.25, 0.3) is 0 Å². The quantitative estimate of drug-likeness (QED) is 0.213. The van der Waals surface area contributed by atoms with Gasteiger partial charge in [-0.3, -0.25) is 19.2 Å². The predicted molar refractivity (Wildman–Crippen MR) is 162 cm³/mol. The van der Waals surface area contributed by atoms with Crippen LogP contribution in [0.3, 0.4) is 0 Å². The number of ether oxygens (including phenoxy) is 2. The molecule has 0 radical (unpaired) electrons. The molecular weight excluding hydrogens is 609 g/mol. The zero-order valence-corrected chi connectivity index (χ0v) is 24.7. The van der Waals surface area contributed by atoms with Crippen LogP contribution in [0.2, 0.25) is 0 Å². The molecule has 2 aliphatic heterocycles. The topological polar surface area (TPSA) is 135 Å². The van der Waals surface area contributed by atoms with Crippen LogP contribution in [-0.2, 0) is 19.1 Å². The van der Waals surface area contributed by atoms with Crippen molar-refractivity contribution in [2.24, 2.45) is 5.92 Å². The second-order valence-electron chi connectivity index (χ2n) is 9.94. The molecule has 3 aromatic carbocycles. The second-order valence-corrected chi connectivity index (χ2v) is 12.1. The molecule has 3 heterocycles. The lowest BCUT2D eigenvalue weighted by molar-refractivity contribution is -0.122. The van der Waals surface area contributed by atoms with Crippen molar-refractivity contribution in [2.75, 3.05) is 23.4 Å². The summed E-state index contributed by atoms with van der Waals surface area (Å²) in [5.74, 6) is -3.15. The first kappa shape index (κ1) is 29.3. The van der Waals surface area contributed by atoms with E-state index < -0.39 is 46.6 Å². The standard InChI is InChI=1S/C31H24FN3O7S2/c1-2-41-30(39)17-3-11-20(12-4-17)35-28(37)24-23(25-27(34-31(40)44-25)43-26(24)29(35)38)16-5-13-21(14-6-16)42-15-22(36)33-19-9-7-18(32)8-10-19/h3-14,23-24,26H,2,15H2,1H3,(H,33,36)(H,34,40)/t23-,24-,26+/m0/s1. The molecule has 6 rings (SSSR count). The predicted octanol–water partition coefficient (Wildman–Crippen LogP) is 4.57. The summed E-state index contributed by atoms with van der Waals surface area (Å²) < 4.78 is 23.7. The van der Waals surface area contributed by atoms with E-state index in [-0.39, 0.29) is 18.1 Å². The third-order valence-electron chi connectivity index (χ3n) is 7.20. The van der Waals surface area contributed by atoms with Crippen molar-refractivity contribution in [1.29, 1.82) is 0 Å². The summed E-state index contributed by atoms with van der Waals surface area (Å²) in [5.41, 5.74) is 1.76. The minimum Gasteiger partial charge on any atom is -0.484 e. The lowest BCUT2D eigenvalue weighted by Crippen LogP contribution is -2.32. The number of fused-ring (bicyclic) bond motifs is 2. The van der Waals surface area contributed by atoms with Gasteiger partial charge < -0.3 is 19.8 Å². The molecule has 4 aromatic rings. The summed E-state index contributed by atoms with van der Waals surface area (Å²) in [6, 6.07) is 18.2. The van der Waals surface area contributed by atoms with Crippen molar-refractivity contribution < 1.29 is 33.0 Å². The summed E-state index contributed by atoms with van der Waals surface area (Å²) >= 11 is 2.17. The molecule has 13 heteroatoms. The van der Waals surface area contributed by atoms with E-state index in [1.165, 1.54) is 60.3 Å². The third-order valence-corrected chi connectivity index (χ3v) is 9.60. The number of carbonyl (C=O) groups excluding carboxylic acids is 4. The number of hydrogen-bond donors (Lipinski definition) is 2. The summed E-state index contributed by atoms with van der Waals surface area (Å²) in [5, 5.41) is 2.39. The van der Waals surface area contributed by atoms with Gasteiger partial charge in [0, 0.05) is 16.5 Å². The van der Waals surface area contributed by atoms with E-state index in [1.54, 1.807) is 31.2 Å². The second kappa shape index (κ2) is 12.1. The van der Waals surface area contributed by atoms with Crippen molar-refractivity contribution in [3.8, 4) is 5.75 Å². The Morgan fingerprint density at radius 3 is 2.34 bits per heavy atom. The normalized spacial score (nSPS) is 18.9. The van der Waals surface area contributed by atoms with Crippen LogP contribution in [0, 0.1) is 11.7 Å². The van der Waals surface area contributed by atoms with Crippen LogP contribution in [0.15, 0.2) is 82.6 Å². The molecule has 2 N–H and O–H groups in total. The van der Waals surface area contributed by atoms with Gasteiger partial charge in [0.1, 0.15) is 16.8 Å². The first-order chi connectivity index (χ1) is 21.2. The van der Waals surface area contributed by atoms with E-state index in [9.17, 15) is 28.4 Å². The van der Waals surface area contributed by atoms with Crippen LogP contribution >= 0.6 is 23.1 Å². The van der Waals surface area contributed by atoms with E-state index >= 15 is 0 Å². The molecule has 10 nitrogen and oxygen atoms in total. The number of H-pyrrole nitrogens is 1. The Kier molecular flexibility index (Phi) is 8.06. The third kappa shape index (κ3) is 5.63. The van der Waals surface area contributed by atoms with Crippen molar-refractivity contribution >= 4 is 58.2 Å². The molecule has 3 amide bonds. The number of benzene rings is 3. The van der Waals surface area contributed by atoms with E-state index in [2.05, 4.69) is 10.3 Å². The van der Waals surface area contributed by atoms with E-state index in [0.29, 0.717) is 38.2 Å². The number of rotatable bonds is 8. The molecule has 1 aromatic heterocycles. The van der Waals surface area contributed by atoms with E-state index in [1.807, 2.05) is 0 Å². The van der Waals surface area contributed by atoms with Gasteiger partial charge >= 0.3 is 10.8 Å². The number of anilines is 2. The van der Waals surface area contributed by atoms with Gasteiger partial charge in [0.05, 0.1) is 28.8 Å². The fourth-order valence-electron chi connectivity index (χ4n) is 5.24. The number of nitrogens with zero attached hydrogens (tertiary/aromatic N) is 1. The van der Waals surface area contributed by atoms with Gasteiger partial charge in [0.25, 0.3) is 5.91 Å². The number of esters is 1. The minimum atomic E-state index is -0.788. The molecule has 44 heavy (non-hydrogen) atoms. The number of halogens is 1. The molecule has 1 fully saturated rings. The molecule has 3 atom stereocenters. The number of hydrogen-bond acceptors (Lipinski definition) is 9. The molecule has 2 aliphatic rings. The van der Waals surface area contributed by atoms with Gasteiger partial charge in [-0.15, -0.1) is 0 Å². The Balaban J connectivity index is 1.22. The maximum atomic E-state index is 13.9. The minimum absolute atomic E-state index is 0.220. The monoisotopic (exact) mass is 633 g/mol. The molecule has 0 spiro atoms. The van der Waals surface area contributed by atoms with Crippen LogP contribution in [0.4, 0.5) is 15.8 Å². The highest BCUT2D eigenvalue weighted by atomic mass is 32.2. The Morgan fingerprint density at radius 1 is 0.955 bits per heavy atom. The summed E-state index contributed by atoms with van der Waals surface area (Å²) in [4.78, 5) is 68.6. The molecule has 0 bridgehead atoms. The Bertz CT molecular complexity index is 1800. The molecule has 0 saturated carbocycles. The molecular formula is C31H24FN3O7S2. The number of aromatic amines is 1. The van der Waals surface area contributed by atoms with Crippen molar-refractivity contribution in [3.63, 3.8) is 0 Å². The first-order valence-electron chi connectivity index (χ1n) is 13.6. The highest BCUT2D eigenvalue weighted by Gasteiger charge is 2.56. The smallest absolute Gasteiger partial charge is 0.338 e. The van der Waals surface area contributed by atoms with Crippen LogP contribution in [0.1, 0.15) is 33.6 Å². The van der Waals surface area contributed by atoms with Gasteiger partial charge in [-0.25, -0.2) is 14.1 Å². The molecule has 0 unspecified atom stereocenters. The summed E-state index contributed by atoms with van der Waals surface area (Å²) in [6.45, 7) is 1.63. The van der Waals surface area contributed by atoms with Gasteiger partial charge in [0.2, 0.25) is 11.8 Å². The number of amides is 3. The maximum absolute atomic E-state index is 13.9. The number of imide groups is 1. The Labute approximate surface area is 258 Å². The average Bonchev–Trinajstić information content (AvgIpc) is 3.51. The Morgan fingerprint density at radius 2 is 1.66 bits per heavy atom. The maximum Gasteiger partial charge on any atom is 0.338 e. The van der Waals surface area contributed by atoms with Crippen LogP contribution in [-0.4, -0.2) is 47.1 Å². The number of thioether (sulfide) groups is 1. The largest absolute Gasteiger partial charge is 0.484 e. The fraction of sp³-hybridized carbons (Fsp3) is 0.194. The van der Waals surface area contributed by atoms with E-state index in [0.717, 1.165) is 16.2 Å². The molecule has 0 aliphatic carbocycles. The van der Waals surface area contributed by atoms with E-state index in [4.69, 9.17) is 9.47 Å². The highest BCUT2D eigenvalue weighted by Crippen LogP contribution is 2.53. The fourth-order valence-corrected chi connectivity index (χ4v) is 7.76. The van der Waals surface area contributed by atoms with Crippen LogP contribution < -0.4 is 19.8 Å². The van der Waals surface area contributed by atoms with Crippen molar-refractivity contribution in [1.82, 2.24) is 4.98 Å². The number of nitrogens with one attached hydrogen (secondary N) is 2. The van der Waals surface area contributed by atoms with Gasteiger partial charge in [-0.05, 0) is 73.2 Å². The summed E-state index contributed by atoms with van der Waals surface area (Å²) in [6.07, 6.45) is 0. The number of aromatic nitrogens is 1.